The molecule has 0 aliphatic carbocycles. The second-order valence-corrected chi connectivity index (χ2v) is 7.40. The van der Waals surface area contributed by atoms with E-state index >= 15 is 0 Å². The van der Waals surface area contributed by atoms with Gasteiger partial charge >= 0.3 is 11.9 Å². The summed E-state index contributed by atoms with van der Waals surface area (Å²) in [7, 11) is 0. The summed E-state index contributed by atoms with van der Waals surface area (Å²) >= 11 is 7.61. The number of hydrogen-bond donors (Lipinski definition) is 0. The van der Waals surface area contributed by atoms with Gasteiger partial charge in [-0.2, -0.15) is 0 Å². The Labute approximate surface area is 173 Å². The number of esters is 1. The Balaban J connectivity index is 1.57. The van der Waals surface area contributed by atoms with E-state index in [-0.39, 0.29) is 5.76 Å². The van der Waals surface area contributed by atoms with Crippen LogP contribution in [0.5, 0.6) is 0 Å². The molecule has 146 valence electrons. The highest BCUT2D eigenvalue weighted by Crippen LogP contribution is 2.48. The fraction of sp³-hybridized carbons (Fsp3) is 0.0526. The lowest BCUT2D eigenvalue weighted by Gasteiger charge is -2.31. The quantitative estimate of drug-likeness (QED) is 0.332. The van der Waals surface area contributed by atoms with E-state index in [0.29, 0.717) is 16.4 Å². The molecular formula is C19H11ClN2O6S. The summed E-state index contributed by atoms with van der Waals surface area (Å²) in [5.74, 6) is -2.43. The number of benzene rings is 2. The lowest BCUT2D eigenvalue weighted by molar-refractivity contribution is -0.402. The third-order valence-electron chi connectivity index (χ3n) is 4.04. The normalized spacial score (nSPS) is 12.1. The van der Waals surface area contributed by atoms with E-state index in [0.717, 1.165) is 21.9 Å². The summed E-state index contributed by atoms with van der Waals surface area (Å²) in [5.41, 5.74) is 1.22. The van der Waals surface area contributed by atoms with Gasteiger partial charge in [-0.25, -0.2) is 4.79 Å². The first-order chi connectivity index (χ1) is 13.9. The van der Waals surface area contributed by atoms with Crippen molar-refractivity contribution < 1.29 is 23.7 Å². The molecule has 0 unspecified atom stereocenters. The average Bonchev–Trinajstić information content (AvgIpc) is 3.21. The van der Waals surface area contributed by atoms with Crippen molar-refractivity contribution in [2.45, 2.75) is 9.79 Å². The van der Waals surface area contributed by atoms with Gasteiger partial charge < -0.3 is 9.15 Å². The average molecular weight is 431 g/mol. The number of rotatable bonds is 4. The smallest absolute Gasteiger partial charge is 0.433 e. The molecular weight excluding hydrogens is 420 g/mol. The topological polar surface area (TPSA) is 103 Å². The summed E-state index contributed by atoms with van der Waals surface area (Å²) in [6.07, 6.45) is 0. The van der Waals surface area contributed by atoms with Crippen molar-refractivity contribution in [3.05, 3.63) is 75.5 Å². The molecule has 1 aliphatic heterocycles. The van der Waals surface area contributed by atoms with Crippen LogP contribution in [0, 0.1) is 10.1 Å². The van der Waals surface area contributed by atoms with Crippen LogP contribution in [0.4, 0.5) is 17.3 Å². The number of hydrogen-bond acceptors (Lipinski definition) is 7. The van der Waals surface area contributed by atoms with Crippen molar-refractivity contribution in [3.63, 3.8) is 0 Å². The number of nitro groups is 1. The lowest BCUT2D eigenvalue weighted by Crippen LogP contribution is -2.32. The van der Waals surface area contributed by atoms with Crippen LogP contribution in [0.1, 0.15) is 10.6 Å². The second kappa shape index (κ2) is 7.61. The van der Waals surface area contributed by atoms with E-state index < -0.39 is 29.3 Å². The zero-order valence-electron chi connectivity index (χ0n) is 14.5. The minimum absolute atomic E-state index is 0.359. The molecule has 1 aliphatic rings. The zero-order chi connectivity index (χ0) is 20.5. The Hall–Kier alpha value is -3.30. The molecule has 29 heavy (non-hydrogen) atoms. The Morgan fingerprint density at radius 1 is 1.10 bits per heavy atom. The SMILES string of the molecule is O=C(OCC(=O)N1c2ccccc2Sc2ccc(Cl)cc21)c1ccc([N+](=O)[O-])o1. The maximum Gasteiger partial charge on any atom is 0.433 e. The number of fused-ring (bicyclic) bond motifs is 2. The standard InChI is InChI=1S/C19H11ClN2O6S/c20-11-5-7-16-13(9-11)21(12-3-1-2-4-15(12)29-16)17(23)10-27-19(24)14-6-8-18(28-14)22(25)26/h1-9H,10H2. The third kappa shape index (κ3) is 3.69. The summed E-state index contributed by atoms with van der Waals surface area (Å²) in [6.45, 7) is -0.585. The maximum absolute atomic E-state index is 12.9. The lowest BCUT2D eigenvalue weighted by atomic mass is 10.2. The fourth-order valence-electron chi connectivity index (χ4n) is 2.80. The summed E-state index contributed by atoms with van der Waals surface area (Å²) in [5, 5.41) is 11.1. The number of nitrogens with zero attached hydrogens (tertiary/aromatic N) is 2. The first-order valence-corrected chi connectivity index (χ1v) is 9.44. The third-order valence-corrected chi connectivity index (χ3v) is 5.40. The summed E-state index contributed by atoms with van der Waals surface area (Å²) in [4.78, 5) is 38.0. The van der Waals surface area contributed by atoms with Gasteiger partial charge in [0.2, 0.25) is 5.76 Å². The van der Waals surface area contributed by atoms with Gasteiger partial charge in [-0.3, -0.25) is 19.8 Å². The molecule has 0 spiro atoms. The van der Waals surface area contributed by atoms with Crippen molar-refractivity contribution >= 4 is 52.5 Å². The van der Waals surface area contributed by atoms with Gasteiger partial charge in [0, 0.05) is 14.8 Å². The number of para-hydroxylation sites is 1. The molecule has 10 heteroatoms. The Morgan fingerprint density at radius 2 is 1.86 bits per heavy atom. The van der Waals surface area contributed by atoms with Crippen LogP contribution < -0.4 is 4.90 Å². The van der Waals surface area contributed by atoms with Crippen LogP contribution in [0.3, 0.4) is 0 Å². The van der Waals surface area contributed by atoms with Crippen molar-refractivity contribution in [3.8, 4) is 0 Å². The van der Waals surface area contributed by atoms with Gasteiger partial charge in [-0.05, 0) is 36.4 Å². The van der Waals surface area contributed by atoms with E-state index in [1.807, 2.05) is 18.2 Å². The number of carbonyl (C=O) groups is 2. The molecule has 0 N–H and O–H groups in total. The van der Waals surface area contributed by atoms with Crippen molar-refractivity contribution in [1.82, 2.24) is 0 Å². The van der Waals surface area contributed by atoms with Crippen LogP contribution in [0.15, 0.2) is 68.8 Å². The monoisotopic (exact) mass is 430 g/mol. The number of halogens is 1. The second-order valence-electron chi connectivity index (χ2n) is 5.88. The Kier molecular flexibility index (Phi) is 4.99. The number of anilines is 2. The van der Waals surface area contributed by atoms with E-state index in [9.17, 15) is 19.7 Å². The summed E-state index contributed by atoms with van der Waals surface area (Å²) < 4.78 is 9.80. The minimum atomic E-state index is -0.975. The molecule has 1 aromatic heterocycles. The molecule has 0 bridgehead atoms. The molecule has 0 atom stereocenters. The number of ether oxygens (including phenoxy) is 1. The highest BCUT2D eigenvalue weighted by molar-refractivity contribution is 7.99. The predicted molar refractivity (Wildman–Crippen MR) is 105 cm³/mol. The van der Waals surface area contributed by atoms with Crippen LogP contribution in [0.2, 0.25) is 5.02 Å². The highest BCUT2D eigenvalue weighted by atomic mass is 35.5. The van der Waals surface area contributed by atoms with Gasteiger partial charge in [0.1, 0.15) is 4.92 Å². The molecule has 4 rings (SSSR count). The van der Waals surface area contributed by atoms with Crippen molar-refractivity contribution in [2.24, 2.45) is 0 Å². The molecule has 3 aromatic rings. The van der Waals surface area contributed by atoms with Crippen LogP contribution in [-0.4, -0.2) is 23.4 Å². The van der Waals surface area contributed by atoms with Crippen LogP contribution in [-0.2, 0) is 9.53 Å². The molecule has 0 saturated heterocycles. The largest absolute Gasteiger partial charge is 0.450 e. The summed E-state index contributed by atoms with van der Waals surface area (Å²) in [6, 6.07) is 14.7. The fourth-order valence-corrected chi connectivity index (χ4v) is 4.00. The molecule has 0 saturated carbocycles. The van der Waals surface area contributed by atoms with Crippen molar-refractivity contribution in [2.75, 3.05) is 11.5 Å². The number of amides is 1. The van der Waals surface area contributed by atoms with E-state index in [1.54, 1.807) is 24.3 Å². The molecule has 0 radical (unpaired) electrons. The van der Waals surface area contributed by atoms with Crippen molar-refractivity contribution in [1.29, 1.82) is 0 Å². The van der Waals surface area contributed by atoms with Gasteiger partial charge in [0.25, 0.3) is 5.91 Å². The van der Waals surface area contributed by atoms with E-state index in [2.05, 4.69) is 0 Å². The number of furan rings is 1. The maximum atomic E-state index is 12.9. The zero-order valence-corrected chi connectivity index (χ0v) is 16.1. The first-order valence-electron chi connectivity index (χ1n) is 8.25. The van der Waals surface area contributed by atoms with E-state index in [4.69, 9.17) is 20.8 Å². The molecule has 2 aromatic carbocycles. The van der Waals surface area contributed by atoms with E-state index in [1.165, 1.54) is 16.7 Å². The number of carbonyl (C=O) groups excluding carboxylic acids is 2. The highest BCUT2D eigenvalue weighted by Gasteiger charge is 2.29. The van der Waals surface area contributed by atoms with Crippen LogP contribution >= 0.6 is 23.4 Å². The Bertz CT molecular complexity index is 1150. The predicted octanol–water partition coefficient (Wildman–Crippen LogP) is 4.83. The molecule has 8 nitrogen and oxygen atoms in total. The van der Waals surface area contributed by atoms with Gasteiger partial charge in [-0.15, -0.1) is 0 Å². The van der Waals surface area contributed by atoms with Gasteiger partial charge in [0.15, 0.2) is 6.61 Å². The Morgan fingerprint density at radius 3 is 2.62 bits per heavy atom. The minimum Gasteiger partial charge on any atom is -0.450 e. The van der Waals surface area contributed by atoms with Gasteiger partial charge in [0.05, 0.1) is 17.4 Å². The molecule has 1 amide bonds. The van der Waals surface area contributed by atoms with Gasteiger partial charge in [-0.1, -0.05) is 35.5 Å². The molecule has 2 heterocycles. The molecule has 0 fully saturated rings. The van der Waals surface area contributed by atoms with Crippen LogP contribution in [0.25, 0.3) is 0 Å². The first kappa shape index (κ1) is 19.0.